The van der Waals surface area contributed by atoms with Gasteiger partial charge in [-0.15, -0.1) is 0 Å². The molecule has 0 aromatic carbocycles. The van der Waals surface area contributed by atoms with Gasteiger partial charge in [-0.05, 0) is 26.8 Å². The molecule has 0 saturated carbocycles. The van der Waals surface area contributed by atoms with Crippen LogP contribution in [-0.4, -0.2) is 43.8 Å². The summed E-state index contributed by atoms with van der Waals surface area (Å²) >= 11 is 0. The molecule has 0 aromatic rings. The molecule has 1 unspecified atom stereocenters. The SMILES string of the molecule is CCOC(=O)NC(=O)CNC1(C)CCNC1. The molecule has 2 amide bonds. The van der Waals surface area contributed by atoms with Crippen LogP contribution in [0.3, 0.4) is 0 Å². The zero-order chi connectivity index (χ0) is 12.0. The Balaban J connectivity index is 2.22. The first-order valence-electron chi connectivity index (χ1n) is 5.48. The van der Waals surface area contributed by atoms with E-state index in [1.807, 2.05) is 6.92 Å². The molecule has 0 spiro atoms. The monoisotopic (exact) mass is 229 g/mol. The van der Waals surface area contributed by atoms with Gasteiger partial charge in [0.1, 0.15) is 0 Å². The van der Waals surface area contributed by atoms with Crippen molar-refractivity contribution >= 4 is 12.0 Å². The average Bonchev–Trinajstić information content (AvgIpc) is 2.63. The van der Waals surface area contributed by atoms with Crippen molar-refractivity contribution in [2.24, 2.45) is 0 Å². The van der Waals surface area contributed by atoms with Gasteiger partial charge in [0, 0.05) is 12.1 Å². The van der Waals surface area contributed by atoms with Crippen LogP contribution in [-0.2, 0) is 9.53 Å². The molecule has 6 heteroatoms. The van der Waals surface area contributed by atoms with Crippen molar-refractivity contribution < 1.29 is 14.3 Å². The number of nitrogens with one attached hydrogen (secondary N) is 3. The zero-order valence-electron chi connectivity index (χ0n) is 9.76. The van der Waals surface area contributed by atoms with E-state index in [1.165, 1.54) is 0 Å². The van der Waals surface area contributed by atoms with E-state index >= 15 is 0 Å². The van der Waals surface area contributed by atoms with Gasteiger partial charge in [0.25, 0.3) is 0 Å². The average molecular weight is 229 g/mol. The van der Waals surface area contributed by atoms with Crippen molar-refractivity contribution in [3.63, 3.8) is 0 Å². The van der Waals surface area contributed by atoms with Crippen molar-refractivity contribution in [1.82, 2.24) is 16.0 Å². The topological polar surface area (TPSA) is 79.5 Å². The maximum absolute atomic E-state index is 11.3. The van der Waals surface area contributed by atoms with Crippen LogP contribution in [0.15, 0.2) is 0 Å². The predicted molar refractivity (Wildman–Crippen MR) is 59.1 cm³/mol. The standard InChI is InChI=1S/C10H19N3O3/c1-3-16-9(15)13-8(14)6-12-10(2)4-5-11-7-10/h11-12H,3-7H2,1-2H3,(H,13,14,15). The molecule has 1 atom stereocenters. The van der Waals surface area contributed by atoms with Gasteiger partial charge in [-0.1, -0.05) is 0 Å². The number of hydrogen-bond donors (Lipinski definition) is 3. The van der Waals surface area contributed by atoms with Gasteiger partial charge in [0.05, 0.1) is 13.2 Å². The highest BCUT2D eigenvalue weighted by Crippen LogP contribution is 2.12. The first-order valence-corrected chi connectivity index (χ1v) is 5.48. The van der Waals surface area contributed by atoms with Crippen LogP contribution >= 0.6 is 0 Å². The maximum atomic E-state index is 11.3. The molecule has 0 aromatic heterocycles. The van der Waals surface area contributed by atoms with Crippen molar-refractivity contribution in [2.75, 3.05) is 26.2 Å². The second kappa shape index (κ2) is 5.81. The molecule has 1 rings (SSSR count). The Kier molecular flexibility index (Phi) is 4.70. The summed E-state index contributed by atoms with van der Waals surface area (Å²) in [6.07, 6.45) is 0.281. The lowest BCUT2D eigenvalue weighted by Gasteiger charge is -2.23. The lowest BCUT2D eigenvalue weighted by atomic mass is 10.0. The Morgan fingerprint density at radius 2 is 2.25 bits per heavy atom. The van der Waals surface area contributed by atoms with Gasteiger partial charge in [0.2, 0.25) is 5.91 Å². The minimum absolute atomic E-state index is 0.0635. The van der Waals surface area contributed by atoms with Crippen LogP contribution in [0.5, 0.6) is 0 Å². The van der Waals surface area contributed by atoms with Crippen LogP contribution in [0.4, 0.5) is 4.79 Å². The summed E-state index contributed by atoms with van der Waals surface area (Å²) < 4.78 is 4.60. The lowest BCUT2D eigenvalue weighted by Crippen LogP contribution is -2.49. The molecule has 3 N–H and O–H groups in total. The van der Waals surface area contributed by atoms with Crippen LogP contribution in [0.25, 0.3) is 0 Å². The summed E-state index contributed by atoms with van der Waals surface area (Å²) in [5, 5.41) is 8.47. The normalized spacial score (nSPS) is 24.1. The molecular weight excluding hydrogens is 210 g/mol. The fraction of sp³-hybridized carbons (Fsp3) is 0.800. The van der Waals surface area contributed by atoms with Crippen LogP contribution in [0.1, 0.15) is 20.3 Å². The second-order valence-electron chi connectivity index (χ2n) is 4.11. The van der Waals surface area contributed by atoms with E-state index in [4.69, 9.17) is 0 Å². The molecule has 16 heavy (non-hydrogen) atoms. The third-order valence-corrected chi connectivity index (χ3v) is 2.56. The van der Waals surface area contributed by atoms with E-state index in [1.54, 1.807) is 6.92 Å². The zero-order valence-corrected chi connectivity index (χ0v) is 9.76. The molecule has 1 saturated heterocycles. The van der Waals surface area contributed by atoms with E-state index < -0.39 is 6.09 Å². The van der Waals surface area contributed by atoms with Crippen molar-refractivity contribution in [2.45, 2.75) is 25.8 Å². The summed E-state index contributed by atoms with van der Waals surface area (Å²) in [6.45, 7) is 5.89. The summed E-state index contributed by atoms with van der Waals surface area (Å²) in [5.74, 6) is -0.369. The van der Waals surface area contributed by atoms with E-state index in [2.05, 4.69) is 20.7 Å². The Morgan fingerprint density at radius 1 is 1.50 bits per heavy atom. The molecule has 1 aliphatic rings. The molecule has 1 fully saturated rings. The Bertz CT molecular complexity index is 262. The van der Waals surface area contributed by atoms with Crippen molar-refractivity contribution in [3.8, 4) is 0 Å². The van der Waals surface area contributed by atoms with Crippen LogP contribution in [0.2, 0.25) is 0 Å². The van der Waals surface area contributed by atoms with Gasteiger partial charge >= 0.3 is 6.09 Å². The fourth-order valence-corrected chi connectivity index (χ4v) is 1.59. The number of ether oxygens (including phenoxy) is 1. The van der Waals surface area contributed by atoms with Crippen LogP contribution in [0, 0.1) is 0 Å². The van der Waals surface area contributed by atoms with Crippen molar-refractivity contribution in [1.29, 1.82) is 0 Å². The van der Waals surface area contributed by atoms with Gasteiger partial charge in [0.15, 0.2) is 0 Å². The van der Waals surface area contributed by atoms with Gasteiger partial charge < -0.3 is 15.4 Å². The molecular formula is C10H19N3O3. The number of carbonyl (C=O) groups excluding carboxylic acids is 2. The number of hydrogen-bond acceptors (Lipinski definition) is 5. The number of rotatable bonds is 4. The molecule has 0 radical (unpaired) electrons. The van der Waals surface area contributed by atoms with Gasteiger partial charge in [-0.3, -0.25) is 10.1 Å². The Morgan fingerprint density at radius 3 is 2.81 bits per heavy atom. The van der Waals surface area contributed by atoms with E-state index in [0.717, 1.165) is 19.5 Å². The number of carbonyl (C=O) groups is 2. The molecule has 1 heterocycles. The minimum Gasteiger partial charge on any atom is -0.450 e. The number of alkyl carbamates (subject to hydrolysis) is 1. The molecule has 0 bridgehead atoms. The fourth-order valence-electron chi connectivity index (χ4n) is 1.59. The van der Waals surface area contributed by atoms with Gasteiger partial charge in [-0.2, -0.15) is 0 Å². The third kappa shape index (κ3) is 4.16. The Labute approximate surface area is 95.1 Å². The van der Waals surface area contributed by atoms with E-state index in [0.29, 0.717) is 0 Å². The summed E-state index contributed by atoms with van der Waals surface area (Å²) in [5.41, 5.74) is -0.0635. The van der Waals surface area contributed by atoms with E-state index in [-0.39, 0.29) is 24.6 Å². The maximum Gasteiger partial charge on any atom is 0.413 e. The first-order chi connectivity index (χ1) is 7.56. The quantitative estimate of drug-likeness (QED) is 0.611. The smallest absolute Gasteiger partial charge is 0.413 e. The second-order valence-corrected chi connectivity index (χ2v) is 4.11. The largest absolute Gasteiger partial charge is 0.450 e. The predicted octanol–water partition coefficient (Wildman–Crippen LogP) is -0.399. The van der Waals surface area contributed by atoms with Crippen LogP contribution < -0.4 is 16.0 Å². The summed E-state index contributed by atoms with van der Waals surface area (Å²) in [6, 6.07) is 0. The lowest BCUT2D eigenvalue weighted by molar-refractivity contribution is -0.119. The van der Waals surface area contributed by atoms with Crippen molar-refractivity contribution in [3.05, 3.63) is 0 Å². The molecule has 0 aliphatic carbocycles. The Hall–Kier alpha value is -1.14. The first kappa shape index (κ1) is 12.9. The van der Waals surface area contributed by atoms with E-state index in [9.17, 15) is 9.59 Å². The summed E-state index contributed by atoms with van der Waals surface area (Å²) in [7, 11) is 0. The third-order valence-electron chi connectivity index (χ3n) is 2.56. The highest BCUT2D eigenvalue weighted by Gasteiger charge is 2.28. The molecule has 6 nitrogen and oxygen atoms in total. The minimum atomic E-state index is -0.691. The summed E-state index contributed by atoms with van der Waals surface area (Å²) in [4.78, 5) is 22.3. The number of amides is 2. The van der Waals surface area contributed by atoms with Gasteiger partial charge in [-0.25, -0.2) is 4.79 Å². The number of imide groups is 1. The molecule has 92 valence electrons. The highest BCUT2D eigenvalue weighted by atomic mass is 16.5. The highest BCUT2D eigenvalue weighted by molar-refractivity contribution is 5.92. The molecule has 1 aliphatic heterocycles.